The fourth-order valence-corrected chi connectivity index (χ4v) is 1.80. The molecule has 1 heterocycles. The summed E-state index contributed by atoms with van der Waals surface area (Å²) in [5.74, 6) is 0.805. The van der Waals surface area contributed by atoms with Crippen LogP contribution in [-0.4, -0.2) is 11.3 Å². The number of nitrogens with zero attached hydrogens (tertiary/aromatic N) is 1. The average Bonchev–Trinajstić information content (AvgIpc) is 2.40. The van der Waals surface area contributed by atoms with Crippen LogP contribution >= 0.6 is 11.6 Å². The summed E-state index contributed by atoms with van der Waals surface area (Å²) >= 11 is 5.78. The molecule has 0 N–H and O–H groups in total. The summed E-state index contributed by atoms with van der Waals surface area (Å²) in [5.41, 5.74) is 1.44. The van der Waals surface area contributed by atoms with Crippen LogP contribution in [0.4, 0.5) is 13.2 Å². The van der Waals surface area contributed by atoms with Crippen molar-refractivity contribution in [2.75, 3.05) is 0 Å². The zero-order valence-electron chi connectivity index (χ0n) is 10.9. The number of rotatable bonds is 4. The minimum absolute atomic E-state index is 0.220. The molecule has 0 saturated carbocycles. The molecule has 0 fully saturated rings. The van der Waals surface area contributed by atoms with Crippen molar-refractivity contribution in [3.63, 3.8) is 0 Å². The van der Waals surface area contributed by atoms with Crippen LogP contribution in [-0.2, 0) is 5.88 Å². The highest BCUT2D eigenvalue weighted by Crippen LogP contribution is 2.29. The molecule has 112 valence electrons. The first-order chi connectivity index (χ1) is 9.87. The van der Waals surface area contributed by atoms with Gasteiger partial charge in [0, 0.05) is 23.5 Å². The molecule has 21 heavy (non-hydrogen) atoms. The normalized spacial score (nSPS) is 11.3. The van der Waals surface area contributed by atoms with E-state index in [-0.39, 0.29) is 11.6 Å². The van der Waals surface area contributed by atoms with Gasteiger partial charge in [-0.25, -0.2) is 0 Å². The number of benzene rings is 1. The molecule has 2 aromatic rings. The van der Waals surface area contributed by atoms with Gasteiger partial charge in [0.2, 0.25) is 0 Å². The maximum absolute atomic E-state index is 12.1. The molecule has 0 saturated heterocycles. The second-order valence-corrected chi connectivity index (χ2v) is 4.46. The van der Waals surface area contributed by atoms with Crippen LogP contribution in [0.1, 0.15) is 11.3 Å². The fraction of sp³-hybridized carbons (Fsp3) is 0.214. The average molecular weight is 318 g/mol. The van der Waals surface area contributed by atoms with Gasteiger partial charge in [0.05, 0.1) is 5.88 Å². The third-order valence-electron chi connectivity index (χ3n) is 2.51. The molecule has 0 bridgehead atoms. The molecule has 0 radical (unpaired) electrons. The van der Waals surface area contributed by atoms with Crippen molar-refractivity contribution in [3.05, 3.63) is 47.8 Å². The lowest BCUT2D eigenvalue weighted by Gasteiger charge is -2.12. The van der Waals surface area contributed by atoms with E-state index in [1.807, 2.05) is 0 Å². The Morgan fingerprint density at radius 2 is 1.76 bits per heavy atom. The van der Waals surface area contributed by atoms with Gasteiger partial charge >= 0.3 is 6.36 Å². The molecule has 0 aliphatic heterocycles. The Kier molecular flexibility index (Phi) is 4.57. The van der Waals surface area contributed by atoms with Crippen molar-refractivity contribution in [2.45, 2.75) is 19.2 Å². The second kappa shape index (κ2) is 6.22. The minimum Gasteiger partial charge on any atom is -0.457 e. The van der Waals surface area contributed by atoms with E-state index in [0.717, 1.165) is 5.69 Å². The molecule has 7 heteroatoms. The summed E-state index contributed by atoms with van der Waals surface area (Å²) in [5, 5.41) is 0. The molecule has 0 spiro atoms. The molecule has 0 atom stereocenters. The Balaban J connectivity index is 2.15. The van der Waals surface area contributed by atoms with Gasteiger partial charge in [-0.1, -0.05) is 0 Å². The van der Waals surface area contributed by atoms with E-state index in [2.05, 4.69) is 9.72 Å². The number of pyridine rings is 1. The first-order valence-electron chi connectivity index (χ1n) is 5.92. The fourth-order valence-electron chi connectivity index (χ4n) is 1.59. The Hall–Kier alpha value is -1.95. The molecule has 1 aromatic carbocycles. The topological polar surface area (TPSA) is 31.4 Å². The molecular weight excluding hydrogens is 307 g/mol. The lowest BCUT2D eigenvalue weighted by molar-refractivity contribution is -0.274. The summed E-state index contributed by atoms with van der Waals surface area (Å²) in [6.45, 7) is 1.80. The summed E-state index contributed by atoms with van der Waals surface area (Å²) < 4.78 is 45.6. The van der Waals surface area contributed by atoms with Gasteiger partial charge in [-0.2, -0.15) is 0 Å². The van der Waals surface area contributed by atoms with E-state index < -0.39 is 6.36 Å². The van der Waals surface area contributed by atoms with Crippen LogP contribution < -0.4 is 9.47 Å². The standard InChI is InChI=1S/C14H11ClF3NO2/c1-9-6-13(10(7-15)8-19-9)20-11-2-4-12(5-3-11)21-14(16,17)18/h2-6,8H,7H2,1H3. The molecule has 1 aromatic heterocycles. The molecule has 0 unspecified atom stereocenters. The van der Waals surface area contributed by atoms with Crippen molar-refractivity contribution < 1.29 is 22.6 Å². The van der Waals surface area contributed by atoms with Crippen LogP contribution in [0.15, 0.2) is 36.5 Å². The lowest BCUT2D eigenvalue weighted by Crippen LogP contribution is -2.16. The first kappa shape index (κ1) is 15.4. The number of ether oxygens (including phenoxy) is 2. The van der Waals surface area contributed by atoms with E-state index in [4.69, 9.17) is 16.3 Å². The van der Waals surface area contributed by atoms with Gasteiger partial charge in [0.1, 0.15) is 17.2 Å². The Bertz CT molecular complexity index is 615. The van der Waals surface area contributed by atoms with E-state index in [9.17, 15) is 13.2 Å². The molecule has 3 nitrogen and oxygen atoms in total. The van der Waals surface area contributed by atoms with Crippen LogP contribution in [0.2, 0.25) is 0 Å². The number of hydrogen-bond donors (Lipinski definition) is 0. The van der Waals surface area contributed by atoms with Crippen molar-refractivity contribution in [1.29, 1.82) is 0 Å². The summed E-state index contributed by atoms with van der Waals surface area (Å²) in [7, 11) is 0. The predicted molar refractivity (Wildman–Crippen MR) is 71.7 cm³/mol. The van der Waals surface area contributed by atoms with Gasteiger partial charge in [-0.05, 0) is 31.2 Å². The summed E-state index contributed by atoms with van der Waals surface area (Å²) in [6, 6.07) is 6.83. The highest BCUT2D eigenvalue weighted by atomic mass is 35.5. The van der Waals surface area contributed by atoms with E-state index in [1.165, 1.54) is 24.3 Å². The Morgan fingerprint density at radius 1 is 1.14 bits per heavy atom. The predicted octanol–water partition coefficient (Wildman–Crippen LogP) is 4.82. The first-order valence-corrected chi connectivity index (χ1v) is 6.46. The number of hydrogen-bond acceptors (Lipinski definition) is 3. The number of aromatic nitrogens is 1. The van der Waals surface area contributed by atoms with Crippen LogP contribution in [0.5, 0.6) is 17.2 Å². The van der Waals surface area contributed by atoms with Crippen molar-refractivity contribution in [2.24, 2.45) is 0 Å². The zero-order chi connectivity index (χ0) is 15.5. The number of halogens is 4. The summed E-state index contributed by atoms with van der Waals surface area (Å²) in [6.07, 6.45) is -3.12. The van der Waals surface area contributed by atoms with Crippen LogP contribution in [0.3, 0.4) is 0 Å². The quantitative estimate of drug-likeness (QED) is 0.758. The van der Waals surface area contributed by atoms with Gasteiger partial charge in [0.15, 0.2) is 0 Å². The maximum atomic E-state index is 12.1. The molecule has 0 amide bonds. The van der Waals surface area contributed by atoms with Crippen molar-refractivity contribution in [1.82, 2.24) is 4.98 Å². The van der Waals surface area contributed by atoms with E-state index in [1.54, 1.807) is 19.2 Å². The van der Waals surface area contributed by atoms with Gasteiger partial charge in [-0.3, -0.25) is 4.98 Å². The highest BCUT2D eigenvalue weighted by Gasteiger charge is 2.30. The van der Waals surface area contributed by atoms with E-state index in [0.29, 0.717) is 17.1 Å². The monoisotopic (exact) mass is 317 g/mol. The van der Waals surface area contributed by atoms with Crippen molar-refractivity contribution >= 4 is 11.6 Å². The molecular formula is C14H11ClF3NO2. The third-order valence-corrected chi connectivity index (χ3v) is 2.80. The van der Waals surface area contributed by atoms with Crippen LogP contribution in [0, 0.1) is 6.92 Å². The van der Waals surface area contributed by atoms with Crippen molar-refractivity contribution in [3.8, 4) is 17.2 Å². The third kappa shape index (κ3) is 4.53. The van der Waals surface area contributed by atoms with E-state index >= 15 is 0 Å². The van der Waals surface area contributed by atoms with Gasteiger partial charge in [0.25, 0.3) is 0 Å². The largest absolute Gasteiger partial charge is 0.573 e. The lowest BCUT2D eigenvalue weighted by atomic mass is 10.2. The zero-order valence-corrected chi connectivity index (χ0v) is 11.7. The second-order valence-electron chi connectivity index (χ2n) is 4.19. The van der Waals surface area contributed by atoms with Gasteiger partial charge < -0.3 is 9.47 Å². The molecule has 0 aliphatic carbocycles. The SMILES string of the molecule is Cc1cc(Oc2ccc(OC(F)(F)F)cc2)c(CCl)cn1. The number of alkyl halides is 4. The molecule has 2 rings (SSSR count). The molecule has 0 aliphatic rings. The van der Waals surface area contributed by atoms with Gasteiger partial charge in [-0.15, -0.1) is 24.8 Å². The Morgan fingerprint density at radius 3 is 2.33 bits per heavy atom. The Labute approximate surface area is 124 Å². The summed E-state index contributed by atoms with van der Waals surface area (Å²) in [4.78, 5) is 4.10. The smallest absolute Gasteiger partial charge is 0.457 e. The highest BCUT2D eigenvalue weighted by molar-refractivity contribution is 6.17. The number of aryl methyl sites for hydroxylation is 1. The minimum atomic E-state index is -4.71. The van der Waals surface area contributed by atoms with Crippen LogP contribution in [0.25, 0.3) is 0 Å². The maximum Gasteiger partial charge on any atom is 0.573 e.